The minimum absolute atomic E-state index is 0.832. The van der Waals surface area contributed by atoms with E-state index in [4.69, 9.17) is 0 Å². The minimum atomic E-state index is 0.832. The van der Waals surface area contributed by atoms with Crippen molar-refractivity contribution in [3.8, 4) is 0 Å². The summed E-state index contributed by atoms with van der Waals surface area (Å²) in [5.74, 6) is 0. The second-order valence-electron chi connectivity index (χ2n) is 3.61. The molecule has 0 aliphatic carbocycles. The van der Waals surface area contributed by atoms with Crippen LogP contribution in [-0.4, -0.2) is 16.5 Å². The minimum Gasteiger partial charge on any atom is -0.311 e. The van der Waals surface area contributed by atoms with Crippen molar-refractivity contribution >= 4 is 11.3 Å². The first kappa shape index (κ1) is 11.2. The molecule has 0 unspecified atom stereocenters. The van der Waals surface area contributed by atoms with E-state index >= 15 is 0 Å². The van der Waals surface area contributed by atoms with Crippen LogP contribution in [-0.2, 0) is 13.0 Å². The lowest BCUT2D eigenvalue weighted by Gasteiger charge is -2.03. The molecule has 2 rings (SSSR count). The Morgan fingerprint density at radius 2 is 2.25 bits per heavy atom. The van der Waals surface area contributed by atoms with Crippen LogP contribution < -0.4 is 5.32 Å². The Morgan fingerprint density at radius 1 is 1.31 bits per heavy atom. The van der Waals surface area contributed by atoms with Gasteiger partial charge in [-0.3, -0.25) is 4.98 Å². The maximum atomic E-state index is 4.26. The van der Waals surface area contributed by atoms with Crippen LogP contribution >= 0.6 is 11.3 Å². The quantitative estimate of drug-likeness (QED) is 0.804. The molecule has 0 fully saturated rings. The Balaban J connectivity index is 1.72. The zero-order valence-corrected chi connectivity index (χ0v) is 10.1. The summed E-state index contributed by atoms with van der Waals surface area (Å²) >= 11 is 1.73. The summed E-state index contributed by atoms with van der Waals surface area (Å²) in [6.45, 7) is 3.86. The fourth-order valence-electron chi connectivity index (χ4n) is 1.49. The molecule has 0 radical (unpaired) electrons. The highest BCUT2D eigenvalue weighted by Crippen LogP contribution is 2.11. The van der Waals surface area contributed by atoms with Gasteiger partial charge in [-0.15, -0.1) is 11.3 Å². The van der Waals surface area contributed by atoms with E-state index < -0.39 is 0 Å². The Bertz CT molecular complexity index is 425. The average Bonchev–Trinajstić information content (AvgIpc) is 2.72. The molecule has 2 aromatic rings. The summed E-state index contributed by atoms with van der Waals surface area (Å²) in [6, 6.07) is 5.98. The predicted molar refractivity (Wildman–Crippen MR) is 66.5 cm³/mol. The van der Waals surface area contributed by atoms with Gasteiger partial charge in [0.05, 0.1) is 16.9 Å². The second-order valence-corrected chi connectivity index (χ2v) is 4.55. The Kier molecular flexibility index (Phi) is 4.02. The molecular weight excluding hydrogens is 218 g/mol. The number of thiazole rings is 1. The lowest BCUT2D eigenvalue weighted by atomic mass is 10.3. The van der Waals surface area contributed by atoms with Crippen molar-refractivity contribution in [2.24, 2.45) is 0 Å². The molecule has 0 aromatic carbocycles. The monoisotopic (exact) mass is 233 g/mol. The van der Waals surface area contributed by atoms with Gasteiger partial charge in [0.1, 0.15) is 0 Å². The molecule has 16 heavy (non-hydrogen) atoms. The van der Waals surface area contributed by atoms with Crippen molar-refractivity contribution in [2.75, 3.05) is 6.54 Å². The third-order valence-corrected chi connectivity index (χ3v) is 3.40. The van der Waals surface area contributed by atoms with Gasteiger partial charge in [0.25, 0.3) is 0 Å². The highest BCUT2D eigenvalue weighted by Gasteiger charge is 2.00. The lowest BCUT2D eigenvalue weighted by Crippen LogP contribution is -2.17. The van der Waals surface area contributed by atoms with Gasteiger partial charge in [0, 0.05) is 24.2 Å². The van der Waals surface area contributed by atoms with Gasteiger partial charge < -0.3 is 5.32 Å². The van der Waals surface area contributed by atoms with Crippen molar-refractivity contribution in [3.63, 3.8) is 0 Å². The molecule has 0 bridgehead atoms. The summed E-state index contributed by atoms with van der Waals surface area (Å²) < 4.78 is 0. The molecule has 3 nitrogen and oxygen atoms in total. The number of hydrogen-bond donors (Lipinski definition) is 1. The van der Waals surface area contributed by atoms with Crippen LogP contribution in [0.25, 0.3) is 0 Å². The van der Waals surface area contributed by atoms with Crippen LogP contribution in [0.3, 0.4) is 0 Å². The molecule has 1 N–H and O–H groups in total. The van der Waals surface area contributed by atoms with Gasteiger partial charge in [-0.25, -0.2) is 4.98 Å². The normalized spacial score (nSPS) is 10.6. The SMILES string of the molecule is Cc1ncsc1CCNCc1ccccn1. The van der Waals surface area contributed by atoms with Crippen LogP contribution in [0.5, 0.6) is 0 Å². The summed E-state index contributed by atoms with van der Waals surface area (Å²) in [6.07, 6.45) is 2.87. The van der Waals surface area contributed by atoms with E-state index in [0.29, 0.717) is 0 Å². The van der Waals surface area contributed by atoms with E-state index in [2.05, 4.69) is 22.2 Å². The summed E-state index contributed by atoms with van der Waals surface area (Å²) in [4.78, 5) is 9.86. The number of nitrogens with zero attached hydrogens (tertiary/aromatic N) is 2. The number of pyridine rings is 1. The second kappa shape index (κ2) is 5.72. The van der Waals surface area contributed by atoms with Crippen molar-refractivity contribution in [2.45, 2.75) is 19.9 Å². The molecule has 2 aromatic heterocycles. The van der Waals surface area contributed by atoms with Crippen molar-refractivity contribution in [1.29, 1.82) is 0 Å². The largest absolute Gasteiger partial charge is 0.311 e. The molecule has 2 heterocycles. The third-order valence-electron chi connectivity index (χ3n) is 2.41. The van der Waals surface area contributed by atoms with Gasteiger partial charge in [-0.1, -0.05) is 6.07 Å². The molecule has 0 saturated heterocycles. The van der Waals surface area contributed by atoms with Gasteiger partial charge in [0.2, 0.25) is 0 Å². The molecule has 0 atom stereocenters. The zero-order chi connectivity index (χ0) is 11.2. The van der Waals surface area contributed by atoms with Crippen LogP contribution in [0.2, 0.25) is 0 Å². The van der Waals surface area contributed by atoms with E-state index in [1.54, 1.807) is 11.3 Å². The fraction of sp³-hybridized carbons (Fsp3) is 0.333. The van der Waals surface area contributed by atoms with Gasteiger partial charge in [0.15, 0.2) is 0 Å². The fourth-order valence-corrected chi connectivity index (χ4v) is 2.27. The molecule has 4 heteroatoms. The van der Waals surface area contributed by atoms with Crippen molar-refractivity contribution in [3.05, 3.63) is 46.2 Å². The van der Waals surface area contributed by atoms with Crippen LogP contribution in [0.15, 0.2) is 29.9 Å². The molecule has 0 aliphatic heterocycles. The van der Waals surface area contributed by atoms with Gasteiger partial charge in [-0.2, -0.15) is 0 Å². The van der Waals surface area contributed by atoms with E-state index in [1.807, 2.05) is 29.9 Å². The van der Waals surface area contributed by atoms with E-state index in [-0.39, 0.29) is 0 Å². The maximum absolute atomic E-state index is 4.26. The highest BCUT2D eigenvalue weighted by atomic mass is 32.1. The van der Waals surface area contributed by atoms with Gasteiger partial charge >= 0.3 is 0 Å². The average molecular weight is 233 g/mol. The number of rotatable bonds is 5. The molecule has 0 amide bonds. The first-order valence-electron chi connectivity index (χ1n) is 5.36. The number of aryl methyl sites for hydroxylation is 1. The summed E-state index contributed by atoms with van der Waals surface area (Å²) in [5.41, 5.74) is 4.15. The first-order chi connectivity index (χ1) is 7.86. The molecule has 0 saturated carbocycles. The van der Waals surface area contributed by atoms with Crippen molar-refractivity contribution < 1.29 is 0 Å². The standard InChI is InChI=1S/C12H15N3S/c1-10-12(16-9-15-10)5-7-13-8-11-4-2-3-6-14-11/h2-4,6,9,13H,5,7-8H2,1H3. The topological polar surface area (TPSA) is 37.8 Å². The van der Waals surface area contributed by atoms with E-state index in [0.717, 1.165) is 30.9 Å². The number of aromatic nitrogens is 2. The van der Waals surface area contributed by atoms with E-state index in [1.165, 1.54) is 4.88 Å². The molecule has 0 aliphatic rings. The van der Waals surface area contributed by atoms with Crippen LogP contribution in [0.1, 0.15) is 16.3 Å². The predicted octanol–water partition coefficient (Wildman–Crippen LogP) is 2.18. The maximum Gasteiger partial charge on any atom is 0.0797 e. The summed E-state index contributed by atoms with van der Waals surface area (Å²) in [5, 5.41) is 3.38. The van der Waals surface area contributed by atoms with E-state index in [9.17, 15) is 0 Å². The first-order valence-corrected chi connectivity index (χ1v) is 6.24. The number of nitrogens with one attached hydrogen (secondary N) is 1. The lowest BCUT2D eigenvalue weighted by molar-refractivity contribution is 0.676. The van der Waals surface area contributed by atoms with Crippen LogP contribution in [0.4, 0.5) is 0 Å². The highest BCUT2D eigenvalue weighted by molar-refractivity contribution is 7.09. The molecule has 0 spiro atoms. The van der Waals surface area contributed by atoms with Crippen molar-refractivity contribution in [1.82, 2.24) is 15.3 Å². The zero-order valence-electron chi connectivity index (χ0n) is 9.31. The smallest absolute Gasteiger partial charge is 0.0797 e. The Morgan fingerprint density at radius 3 is 2.94 bits per heavy atom. The van der Waals surface area contributed by atoms with Gasteiger partial charge in [-0.05, 0) is 25.5 Å². The number of hydrogen-bond acceptors (Lipinski definition) is 4. The Hall–Kier alpha value is -1.26. The van der Waals surface area contributed by atoms with Crippen LogP contribution in [0, 0.1) is 6.92 Å². The summed E-state index contributed by atoms with van der Waals surface area (Å²) in [7, 11) is 0. The molecule has 84 valence electrons. The Labute approximate surface area is 99.6 Å². The third kappa shape index (κ3) is 3.12. The molecular formula is C12H15N3S.